The number of hydrogen-bond acceptors (Lipinski definition) is 3. The topological polar surface area (TPSA) is 66.5 Å². The lowest BCUT2D eigenvalue weighted by atomic mass is 9.89. The second-order valence-corrected chi connectivity index (χ2v) is 10.6. The minimum absolute atomic E-state index is 0.0943. The second-order valence-electron chi connectivity index (χ2n) is 8.73. The lowest BCUT2D eigenvalue weighted by molar-refractivity contribution is 0.0940. The van der Waals surface area contributed by atoms with Crippen LogP contribution >= 0.6 is 0 Å². The number of nitrogens with zero attached hydrogens (tertiary/aromatic N) is 1. The summed E-state index contributed by atoms with van der Waals surface area (Å²) < 4.78 is 26.0. The molecule has 1 aliphatic carbocycles. The van der Waals surface area contributed by atoms with Crippen LogP contribution < -0.4 is 9.62 Å². The van der Waals surface area contributed by atoms with Crippen molar-refractivity contribution in [2.24, 2.45) is 0 Å². The van der Waals surface area contributed by atoms with Crippen molar-refractivity contribution < 1.29 is 13.2 Å². The van der Waals surface area contributed by atoms with Gasteiger partial charge in [0.25, 0.3) is 5.91 Å². The van der Waals surface area contributed by atoms with Crippen molar-refractivity contribution in [2.75, 3.05) is 10.6 Å². The Kier molecular flexibility index (Phi) is 6.84. The molecule has 1 atom stereocenters. The summed E-state index contributed by atoms with van der Waals surface area (Å²) in [5, 5.41) is 3.08. The second kappa shape index (κ2) is 9.79. The van der Waals surface area contributed by atoms with Gasteiger partial charge in [0.05, 0.1) is 24.5 Å². The summed E-state index contributed by atoms with van der Waals surface area (Å²) in [7, 11) is -3.44. The molecule has 33 heavy (non-hydrogen) atoms. The SMILES string of the molecule is CC(NC(=O)c1ccc(CN(c2ccccc2)S(C)(=O)=O)cc1)c1ccc2c(c1)CCCC2. The fourth-order valence-electron chi connectivity index (χ4n) is 4.31. The third-order valence-corrected chi connectivity index (χ3v) is 7.35. The summed E-state index contributed by atoms with van der Waals surface area (Å²) in [4.78, 5) is 12.8. The van der Waals surface area contributed by atoms with E-state index >= 15 is 0 Å². The largest absolute Gasteiger partial charge is 0.346 e. The van der Waals surface area contributed by atoms with Crippen molar-refractivity contribution in [3.8, 4) is 0 Å². The number of benzene rings is 3. The van der Waals surface area contributed by atoms with Gasteiger partial charge in [0.1, 0.15) is 0 Å². The Morgan fingerprint density at radius 3 is 2.27 bits per heavy atom. The van der Waals surface area contributed by atoms with Crippen LogP contribution in [0.1, 0.15) is 58.4 Å². The van der Waals surface area contributed by atoms with Gasteiger partial charge in [0.15, 0.2) is 0 Å². The molecule has 5 nitrogen and oxygen atoms in total. The number of amides is 1. The number of carbonyl (C=O) groups is 1. The summed E-state index contributed by atoms with van der Waals surface area (Å²) in [6.07, 6.45) is 5.93. The highest BCUT2D eigenvalue weighted by Gasteiger charge is 2.18. The van der Waals surface area contributed by atoms with Gasteiger partial charge in [-0.05, 0) is 79.1 Å². The van der Waals surface area contributed by atoms with E-state index in [1.807, 2.05) is 25.1 Å². The third-order valence-electron chi connectivity index (χ3n) is 6.21. The van der Waals surface area contributed by atoms with Gasteiger partial charge in [-0.25, -0.2) is 8.42 Å². The van der Waals surface area contributed by atoms with Crippen LogP contribution in [0.25, 0.3) is 0 Å². The predicted octanol–water partition coefficient (Wildman–Crippen LogP) is 5.02. The Morgan fingerprint density at radius 1 is 0.939 bits per heavy atom. The van der Waals surface area contributed by atoms with Crippen molar-refractivity contribution >= 4 is 21.6 Å². The summed E-state index contributed by atoms with van der Waals surface area (Å²) in [5.41, 5.74) is 5.92. The average molecular weight is 463 g/mol. The zero-order chi connectivity index (χ0) is 23.4. The number of nitrogens with one attached hydrogen (secondary N) is 1. The molecule has 1 amide bonds. The monoisotopic (exact) mass is 462 g/mol. The number of sulfonamides is 1. The van der Waals surface area contributed by atoms with Crippen LogP contribution in [0.15, 0.2) is 72.8 Å². The molecule has 0 saturated heterocycles. The highest BCUT2D eigenvalue weighted by molar-refractivity contribution is 7.92. The summed E-state index contributed by atoms with van der Waals surface area (Å²) in [5.74, 6) is -0.144. The van der Waals surface area contributed by atoms with E-state index in [1.54, 1.807) is 36.4 Å². The van der Waals surface area contributed by atoms with E-state index in [1.165, 1.54) is 34.5 Å². The molecule has 0 aromatic heterocycles. The standard InChI is InChI=1S/C27H30N2O3S/c1-20(24-17-16-22-8-6-7-9-25(22)18-24)28-27(30)23-14-12-21(13-15-23)19-29(33(2,31)32)26-10-4-3-5-11-26/h3-5,10-18,20H,6-9,19H2,1-2H3,(H,28,30). The van der Waals surface area contributed by atoms with Gasteiger partial charge in [0.2, 0.25) is 10.0 Å². The first-order chi connectivity index (χ1) is 15.8. The normalized spacial score (nSPS) is 14.2. The molecule has 0 aliphatic heterocycles. The molecule has 1 N–H and O–H groups in total. The van der Waals surface area contributed by atoms with Gasteiger partial charge >= 0.3 is 0 Å². The van der Waals surface area contributed by atoms with Crippen molar-refractivity contribution in [3.63, 3.8) is 0 Å². The molecule has 0 spiro atoms. The first-order valence-electron chi connectivity index (χ1n) is 11.4. The van der Waals surface area contributed by atoms with Crippen LogP contribution in [0.5, 0.6) is 0 Å². The molecule has 4 rings (SSSR count). The molecule has 0 heterocycles. The maximum Gasteiger partial charge on any atom is 0.251 e. The van der Waals surface area contributed by atoms with Crippen LogP contribution in [-0.4, -0.2) is 20.6 Å². The van der Waals surface area contributed by atoms with Crippen LogP contribution in [0, 0.1) is 0 Å². The number of fused-ring (bicyclic) bond motifs is 1. The van der Waals surface area contributed by atoms with E-state index < -0.39 is 10.0 Å². The van der Waals surface area contributed by atoms with E-state index in [0.717, 1.165) is 24.0 Å². The molecule has 172 valence electrons. The number of rotatable bonds is 7. The number of para-hydroxylation sites is 1. The van der Waals surface area contributed by atoms with Gasteiger partial charge in [0, 0.05) is 5.56 Å². The minimum atomic E-state index is -3.44. The lowest BCUT2D eigenvalue weighted by Crippen LogP contribution is -2.29. The smallest absolute Gasteiger partial charge is 0.251 e. The van der Waals surface area contributed by atoms with Crippen LogP contribution in [0.2, 0.25) is 0 Å². The number of anilines is 1. The molecule has 1 aliphatic rings. The van der Waals surface area contributed by atoms with E-state index in [-0.39, 0.29) is 18.5 Å². The van der Waals surface area contributed by atoms with Crippen LogP contribution in [-0.2, 0) is 29.4 Å². The Bertz CT molecular complexity index is 1220. The molecular weight excluding hydrogens is 432 g/mol. The first-order valence-corrected chi connectivity index (χ1v) is 13.2. The van der Waals surface area contributed by atoms with Gasteiger partial charge in [-0.1, -0.05) is 48.5 Å². The predicted molar refractivity (Wildman–Crippen MR) is 133 cm³/mol. The number of carbonyl (C=O) groups excluding carboxylic acids is 1. The maximum absolute atomic E-state index is 12.8. The van der Waals surface area contributed by atoms with Crippen LogP contribution in [0.3, 0.4) is 0 Å². The Hall–Kier alpha value is -3.12. The quantitative estimate of drug-likeness (QED) is 0.536. The fourth-order valence-corrected chi connectivity index (χ4v) is 5.20. The van der Waals surface area contributed by atoms with Crippen molar-refractivity contribution in [1.82, 2.24) is 5.32 Å². The van der Waals surface area contributed by atoms with E-state index in [0.29, 0.717) is 11.3 Å². The van der Waals surface area contributed by atoms with Crippen LogP contribution in [0.4, 0.5) is 5.69 Å². The molecule has 3 aromatic carbocycles. The zero-order valence-corrected chi connectivity index (χ0v) is 19.9. The minimum Gasteiger partial charge on any atom is -0.346 e. The molecule has 0 radical (unpaired) electrons. The number of aryl methyl sites for hydroxylation is 2. The van der Waals surface area contributed by atoms with E-state index in [9.17, 15) is 13.2 Å². The molecule has 1 unspecified atom stereocenters. The van der Waals surface area contributed by atoms with Gasteiger partial charge in [-0.2, -0.15) is 0 Å². The fraction of sp³-hybridized carbons (Fsp3) is 0.296. The zero-order valence-electron chi connectivity index (χ0n) is 19.1. The molecule has 0 fully saturated rings. The first kappa shape index (κ1) is 23.1. The molecule has 0 bridgehead atoms. The van der Waals surface area contributed by atoms with E-state index in [2.05, 4.69) is 23.5 Å². The lowest BCUT2D eigenvalue weighted by Gasteiger charge is -2.22. The molecule has 6 heteroatoms. The van der Waals surface area contributed by atoms with Gasteiger partial charge in [-0.15, -0.1) is 0 Å². The van der Waals surface area contributed by atoms with Crippen molar-refractivity contribution in [3.05, 3.63) is 101 Å². The third kappa shape index (κ3) is 5.63. The van der Waals surface area contributed by atoms with Gasteiger partial charge < -0.3 is 5.32 Å². The molecule has 0 saturated carbocycles. The van der Waals surface area contributed by atoms with Crippen molar-refractivity contribution in [1.29, 1.82) is 0 Å². The average Bonchev–Trinajstić information content (AvgIpc) is 2.82. The number of hydrogen-bond donors (Lipinski definition) is 1. The highest BCUT2D eigenvalue weighted by Crippen LogP contribution is 2.25. The molecular formula is C27H30N2O3S. The maximum atomic E-state index is 12.8. The van der Waals surface area contributed by atoms with Gasteiger partial charge in [-0.3, -0.25) is 9.10 Å². The summed E-state index contributed by atoms with van der Waals surface area (Å²) in [6.45, 7) is 2.21. The molecule has 3 aromatic rings. The summed E-state index contributed by atoms with van der Waals surface area (Å²) >= 11 is 0. The highest BCUT2D eigenvalue weighted by atomic mass is 32.2. The van der Waals surface area contributed by atoms with Crippen molar-refractivity contribution in [2.45, 2.75) is 45.2 Å². The Morgan fingerprint density at radius 2 is 1.61 bits per heavy atom. The Labute approximate surface area is 196 Å². The van der Waals surface area contributed by atoms with E-state index in [4.69, 9.17) is 0 Å². The summed E-state index contributed by atoms with van der Waals surface area (Å²) in [6, 6.07) is 22.6. The Balaban J connectivity index is 1.43.